The first kappa shape index (κ1) is 23.9. The van der Waals surface area contributed by atoms with Gasteiger partial charge in [0.2, 0.25) is 18.4 Å². The number of ether oxygens (including phenoxy) is 4. The number of benzene rings is 3. The molecular weight excluding hydrogens is 482 g/mol. The van der Waals surface area contributed by atoms with E-state index in [1.165, 1.54) is 5.56 Å². The van der Waals surface area contributed by atoms with Crippen LogP contribution in [0, 0.1) is 0 Å². The van der Waals surface area contributed by atoms with Crippen molar-refractivity contribution < 1.29 is 28.3 Å². The van der Waals surface area contributed by atoms with Crippen LogP contribution >= 0.6 is 0 Å². The quantitative estimate of drug-likeness (QED) is 0.388. The summed E-state index contributed by atoms with van der Waals surface area (Å²) in [5, 5.41) is 4.92. The fourth-order valence-electron chi connectivity index (χ4n) is 5.40. The monoisotopic (exact) mass is 512 g/mol. The second-order valence-electron chi connectivity index (χ2n) is 9.69. The van der Waals surface area contributed by atoms with Crippen LogP contribution in [0.4, 0.5) is 11.4 Å². The molecule has 6 rings (SSSR count). The molecule has 0 saturated carbocycles. The lowest BCUT2D eigenvalue weighted by Crippen LogP contribution is -2.41. The van der Waals surface area contributed by atoms with Gasteiger partial charge in [0.05, 0.1) is 31.6 Å². The minimum atomic E-state index is -0.0967. The molecule has 0 bridgehead atoms. The van der Waals surface area contributed by atoms with Crippen molar-refractivity contribution in [3.05, 3.63) is 65.9 Å². The van der Waals surface area contributed by atoms with Crippen LogP contribution in [0.5, 0.6) is 23.0 Å². The molecule has 0 saturated heterocycles. The number of methoxy groups -OCH3 is 2. The highest BCUT2D eigenvalue weighted by molar-refractivity contribution is 6.00. The number of nitrogens with zero attached hydrogens (tertiary/aromatic N) is 2. The van der Waals surface area contributed by atoms with Crippen molar-refractivity contribution in [2.75, 3.05) is 45.3 Å². The second-order valence-corrected chi connectivity index (χ2v) is 9.69. The van der Waals surface area contributed by atoms with Gasteiger partial charge in [-0.1, -0.05) is 0 Å². The van der Waals surface area contributed by atoms with Gasteiger partial charge in [0.15, 0.2) is 35.7 Å². The van der Waals surface area contributed by atoms with E-state index >= 15 is 0 Å². The normalized spacial score (nSPS) is 13.1. The van der Waals surface area contributed by atoms with Crippen molar-refractivity contribution in [1.82, 2.24) is 0 Å². The van der Waals surface area contributed by atoms with Crippen LogP contribution in [-0.2, 0) is 24.2 Å². The molecule has 3 aromatic carbocycles. The Labute approximate surface area is 221 Å². The largest absolute Gasteiger partial charge is 0.493 e. The van der Waals surface area contributed by atoms with Crippen LogP contribution in [0.1, 0.15) is 11.1 Å². The first-order valence-electron chi connectivity index (χ1n) is 12.6. The van der Waals surface area contributed by atoms with Crippen molar-refractivity contribution in [3.63, 3.8) is 0 Å². The molecule has 194 valence electrons. The van der Waals surface area contributed by atoms with Gasteiger partial charge in [-0.3, -0.25) is 4.79 Å². The van der Waals surface area contributed by atoms with Gasteiger partial charge in [-0.05, 0) is 54.1 Å². The van der Waals surface area contributed by atoms with Gasteiger partial charge in [-0.25, -0.2) is 0 Å². The molecule has 4 aromatic rings. The van der Waals surface area contributed by atoms with Crippen LogP contribution < -0.4 is 33.7 Å². The number of aryl methyl sites for hydroxylation is 2. The molecule has 0 fully saturated rings. The molecule has 2 aliphatic heterocycles. The third-order valence-corrected chi connectivity index (χ3v) is 7.25. The Hall–Kier alpha value is -4.46. The van der Waals surface area contributed by atoms with Gasteiger partial charge in [-0.2, -0.15) is 4.57 Å². The first-order chi connectivity index (χ1) is 18.5. The third-order valence-electron chi connectivity index (χ3n) is 7.25. The van der Waals surface area contributed by atoms with Crippen LogP contribution in [0.2, 0.25) is 0 Å². The highest BCUT2D eigenvalue weighted by atomic mass is 16.7. The third kappa shape index (κ3) is 4.02. The molecule has 8 nitrogen and oxygen atoms in total. The molecule has 0 radical (unpaired) electrons. The van der Waals surface area contributed by atoms with Gasteiger partial charge in [0, 0.05) is 42.8 Å². The standard InChI is InChI=1S/C30H29N3O5/c1-32(2)20-7-5-19(6-8-20)31-28(34)15-23-21-9-10-25(35-3)30(36-4)24(21)16-33-12-11-18-13-26-27(38-17-37-26)14-22(18)29(23)33/h5-10,13-14,16H,11-12,15,17H2,1-4H3/p+1. The SMILES string of the molecule is COc1ccc2c(CC(=O)Nc3ccc(N(C)C)cc3)c3[n+](cc2c1OC)CCc1cc2c(cc1-3)OCO2. The summed E-state index contributed by atoms with van der Waals surface area (Å²) in [7, 11) is 7.25. The van der Waals surface area contributed by atoms with E-state index in [0.717, 1.165) is 63.4 Å². The number of nitrogens with one attached hydrogen (secondary N) is 1. The average Bonchev–Trinajstić information content (AvgIpc) is 3.38. The van der Waals surface area contributed by atoms with Crippen molar-refractivity contribution in [3.8, 4) is 34.3 Å². The number of carbonyl (C=O) groups is 1. The maximum Gasteiger partial charge on any atom is 0.231 e. The van der Waals surface area contributed by atoms with Gasteiger partial charge in [0.1, 0.15) is 0 Å². The molecule has 1 amide bonds. The van der Waals surface area contributed by atoms with Crippen LogP contribution in [-0.4, -0.2) is 41.0 Å². The summed E-state index contributed by atoms with van der Waals surface area (Å²) < 4.78 is 24.9. The lowest BCUT2D eigenvalue weighted by atomic mass is 9.89. The minimum Gasteiger partial charge on any atom is -0.493 e. The van der Waals surface area contributed by atoms with E-state index in [0.29, 0.717) is 11.5 Å². The van der Waals surface area contributed by atoms with Crippen molar-refractivity contribution >= 4 is 28.1 Å². The number of fused-ring (bicyclic) bond motifs is 5. The summed E-state index contributed by atoms with van der Waals surface area (Å²) in [5.41, 5.74) is 5.97. The Morgan fingerprint density at radius 2 is 1.76 bits per heavy atom. The summed E-state index contributed by atoms with van der Waals surface area (Å²) >= 11 is 0. The fraction of sp³-hybridized carbons (Fsp3) is 0.267. The second kappa shape index (κ2) is 9.45. The number of hydrogen-bond donors (Lipinski definition) is 1. The van der Waals surface area contributed by atoms with Gasteiger partial charge < -0.3 is 29.2 Å². The van der Waals surface area contributed by atoms with E-state index in [9.17, 15) is 4.79 Å². The summed E-state index contributed by atoms with van der Waals surface area (Å²) in [6.45, 7) is 0.980. The molecule has 0 atom stereocenters. The van der Waals surface area contributed by atoms with Crippen molar-refractivity contribution in [2.24, 2.45) is 0 Å². The summed E-state index contributed by atoms with van der Waals surface area (Å²) in [6, 6.07) is 15.8. The molecule has 0 unspecified atom stereocenters. The van der Waals surface area contributed by atoms with E-state index in [1.807, 2.05) is 61.5 Å². The predicted molar refractivity (Wildman–Crippen MR) is 146 cm³/mol. The highest BCUT2D eigenvalue weighted by Gasteiger charge is 2.33. The molecule has 1 N–H and O–H groups in total. The zero-order chi connectivity index (χ0) is 26.4. The van der Waals surface area contributed by atoms with E-state index in [1.54, 1.807) is 14.2 Å². The van der Waals surface area contributed by atoms with Crippen molar-refractivity contribution in [2.45, 2.75) is 19.4 Å². The molecule has 0 aliphatic carbocycles. The van der Waals surface area contributed by atoms with E-state index < -0.39 is 0 Å². The molecule has 38 heavy (non-hydrogen) atoms. The minimum absolute atomic E-state index is 0.0967. The van der Waals surface area contributed by atoms with Gasteiger partial charge in [-0.15, -0.1) is 0 Å². The lowest BCUT2D eigenvalue weighted by molar-refractivity contribution is -0.686. The molecule has 3 heterocycles. The molecule has 1 aromatic heterocycles. The Bertz CT molecular complexity index is 1560. The molecule has 8 heteroatoms. The summed E-state index contributed by atoms with van der Waals surface area (Å²) in [6.07, 6.45) is 3.12. The lowest BCUT2D eigenvalue weighted by Gasteiger charge is -2.21. The van der Waals surface area contributed by atoms with E-state index in [-0.39, 0.29) is 19.1 Å². The number of hydrogen-bond acceptors (Lipinski definition) is 6. The van der Waals surface area contributed by atoms with E-state index in [2.05, 4.69) is 22.1 Å². The van der Waals surface area contributed by atoms with Crippen LogP contribution in [0.15, 0.2) is 54.7 Å². The highest BCUT2D eigenvalue weighted by Crippen LogP contribution is 2.43. The zero-order valence-corrected chi connectivity index (χ0v) is 22.0. The van der Waals surface area contributed by atoms with Crippen molar-refractivity contribution in [1.29, 1.82) is 0 Å². The summed E-state index contributed by atoms with van der Waals surface area (Å²) in [5.74, 6) is 2.70. The Balaban J connectivity index is 1.48. The summed E-state index contributed by atoms with van der Waals surface area (Å²) in [4.78, 5) is 15.5. The number of pyridine rings is 1. The van der Waals surface area contributed by atoms with Crippen LogP contribution in [0.25, 0.3) is 22.0 Å². The van der Waals surface area contributed by atoms with Gasteiger partial charge in [0.25, 0.3) is 0 Å². The Morgan fingerprint density at radius 3 is 2.47 bits per heavy atom. The molecule has 0 spiro atoms. The number of rotatable bonds is 6. The first-order valence-corrected chi connectivity index (χ1v) is 12.6. The van der Waals surface area contributed by atoms with E-state index in [4.69, 9.17) is 18.9 Å². The zero-order valence-electron chi connectivity index (χ0n) is 22.0. The number of carbonyl (C=O) groups excluding carboxylic acids is 1. The average molecular weight is 513 g/mol. The van der Waals surface area contributed by atoms with Gasteiger partial charge >= 0.3 is 0 Å². The number of amides is 1. The Kier molecular flexibility index (Phi) is 5.94. The molecule has 2 aliphatic rings. The maximum atomic E-state index is 13.5. The smallest absolute Gasteiger partial charge is 0.231 e. The fourth-order valence-corrected chi connectivity index (χ4v) is 5.40. The van der Waals surface area contributed by atoms with Crippen LogP contribution in [0.3, 0.4) is 0 Å². The topological polar surface area (TPSA) is 73.1 Å². The maximum absolute atomic E-state index is 13.5. The Morgan fingerprint density at radius 1 is 1.00 bits per heavy atom. The predicted octanol–water partition coefficient (Wildman–Crippen LogP) is 4.34. The molecular formula is C30H30N3O5+. The number of anilines is 2. The number of aromatic nitrogens is 1.